The topological polar surface area (TPSA) is 101 Å². The fourth-order valence-electron chi connectivity index (χ4n) is 0.480. The maximum Gasteiger partial charge on any atom is 0.0620 e. The van der Waals surface area contributed by atoms with Gasteiger partial charge in [-0.25, -0.2) is 0 Å². The van der Waals surface area contributed by atoms with Crippen LogP contribution in [0.4, 0.5) is 0 Å². The largest absolute Gasteiger partial charge is 0.305 e. The van der Waals surface area contributed by atoms with Crippen LogP contribution in [0.25, 0.3) is 0 Å². The van der Waals surface area contributed by atoms with E-state index in [9.17, 15) is 0 Å². The molecule has 6 heteroatoms. The zero-order chi connectivity index (χ0) is 7.66. The predicted molar refractivity (Wildman–Crippen MR) is 37.1 cm³/mol. The average Bonchev–Trinajstić information content (AvgIpc) is 1.97. The van der Waals surface area contributed by atoms with Crippen LogP contribution in [0.5, 0.6) is 0 Å². The Hall–Kier alpha value is -1.20. The van der Waals surface area contributed by atoms with Crippen LogP contribution < -0.4 is 11.7 Å². The summed E-state index contributed by atoms with van der Waals surface area (Å²) in [6.07, 6.45) is 1.83. The summed E-state index contributed by atoms with van der Waals surface area (Å²) < 4.78 is 0. The monoisotopic (exact) mass is 144 g/mol. The maximum atomic E-state index is 4.77. The molecule has 0 radical (unpaired) electrons. The van der Waals surface area contributed by atoms with Crippen molar-refractivity contribution >= 4 is 0 Å². The third kappa shape index (κ3) is 6.80. The zero-order valence-electron chi connectivity index (χ0n) is 5.77. The van der Waals surface area contributed by atoms with E-state index in [2.05, 4.69) is 20.7 Å². The van der Waals surface area contributed by atoms with Crippen LogP contribution >= 0.6 is 0 Å². The molecule has 58 valence electrons. The standard InChI is InChI=1S/C4H12N6/c5-9-7-3-1-2-4-8-10-6/h1-4H2,(H2,5,7)(H2,6,8). The van der Waals surface area contributed by atoms with Gasteiger partial charge >= 0.3 is 0 Å². The SMILES string of the molecule is NN=NCCCCN=NN. The number of nitrogens with two attached hydrogens (primary N) is 2. The molecule has 0 spiro atoms. The van der Waals surface area contributed by atoms with Gasteiger partial charge in [0, 0.05) is 0 Å². The maximum absolute atomic E-state index is 4.77. The minimum absolute atomic E-state index is 0.649. The summed E-state index contributed by atoms with van der Waals surface area (Å²) in [5.74, 6) is 9.53. The highest BCUT2D eigenvalue weighted by atomic mass is 15.3. The Bertz CT molecular complexity index is 94.3. The van der Waals surface area contributed by atoms with Crippen molar-refractivity contribution in [3.63, 3.8) is 0 Å². The Morgan fingerprint density at radius 1 is 0.800 bits per heavy atom. The molecule has 0 heterocycles. The Kier molecular flexibility index (Phi) is 6.86. The van der Waals surface area contributed by atoms with Gasteiger partial charge in [-0.05, 0) is 12.8 Å². The van der Waals surface area contributed by atoms with Gasteiger partial charge in [0.05, 0.1) is 13.1 Å². The minimum atomic E-state index is 0.649. The first-order valence-corrected chi connectivity index (χ1v) is 3.05. The van der Waals surface area contributed by atoms with E-state index in [1.54, 1.807) is 0 Å². The second-order valence-electron chi connectivity index (χ2n) is 1.67. The van der Waals surface area contributed by atoms with Gasteiger partial charge in [0.1, 0.15) is 0 Å². The normalized spacial score (nSPS) is 11.6. The van der Waals surface area contributed by atoms with E-state index >= 15 is 0 Å². The Morgan fingerprint density at radius 3 is 1.50 bits per heavy atom. The molecule has 0 fully saturated rings. The van der Waals surface area contributed by atoms with Crippen LogP contribution in [-0.4, -0.2) is 13.1 Å². The van der Waals surface area contributed by atoms with E-state index in [1.807, 2.05) is 0 Å². The lowest BCUT2D eigenvalue weighted by Crippen LogP contribution is -1.87. The van der Waals surface area contributed by atoms with E-state index in [-0.39, 0.29) is 0 Å². The molecule has 0 aromatic heterocycles. The summed E-state index contributed by atoms with van der Waals surface area (Å²) in [5.41, 5.74) is 0. The summed E-state index contributed by atoms with van der Waals surface area (Å²) in [6.45, 7) is 1.30. The van der Waals surface area contributed by atoms with Crippen molar-refractivity contribution in [3.8, 4) is 0 Å². The van der Waals surface area contributed by atoms with Crippen molar-refractivity contribution < 1.29 is 0 Å². The van der Waals surface area contributed by atoms with Crippen LogP contribution in [0.15, 0.2) is 20.7 Å². The molecular formula is C4H12N6. The molecule has 0 saturated heterocycles. The molecule has 0 rings (SSSR count). The van der Waals surface area contributed by atoms with Gasteiger partial charge < -0.3 is 11.7 Å². The van der Waals surface area contributed by atoms with Crippen LogP contribution in [0, 0.1) is 0 Å². The fourth-order valence-corrected chi connectivity index (χ4v) is 0.480. The van der Waals surface area contributed by atoms with E-state index in [1.165, 1.54) is 0 Å². The average molecular weight is 144 g/mol. The van der Waals surface area contributed by atoms with Gasteiger partial charge in [-0.1, -0.05) is 10.4 Å². The summed E-state index contributed by atoms with van der Waals surface area (Å²) in [5, 5.41) is 13.3. The van der Waals surface area contributed by atoms with Gasteiger partial charge in [0.2, 0.25) is 0 Å². The van der Waals surface area contributed by atoms with E-state index in [0.29, 0.717) is 13.1 Å². The molecular weight excluding hydrogens is 132 g/mol. The summed E-state index contributed by atoms with van der Waals surface area (Å²) in [4.78, 5) is 0. The molecule has 0 atom stereocenters. The van der Waals surface area contributed by atoms with Gasteiger partial charge in [-0.3, -0.25) is 0 Å². The summed E-state index contributed by atoms with van der Waals surface area (Å²) in [7, 11) is 0. The van der Waals surface area contributed by atoms with Crippen molar-refractivity contribution in [2.45, 2.75) is 12.8 Å². The quantitative estimate of drug-likeness (QED) is 0.253. The number of hydrogen-bond acceptors (Lipinski definition) is 4. The van der Waals surface area contributed by atoms with Crippen molar-refractivity contribution in [3.05, 3.63) is 0 Å². The molecule has 0 aromatic carbocycles. The highest BCUT2D eigenvalue weighted by Gasteiger charge is 1.83. The van der Waals surface area contributed by atoms with Gasteiger partial charge in [-0.2, -0.15) is 10.2 Å². The Balaban J connectivity index is 2.90. The smallest absolute Gasteiger partial charge is 0.0620 e. The predicted octanol–water partition coefficient (Wildman–Crippen LogP) is 0.418. The van der Waals surface area contributed by atoms with Crippen LogP contribution in [0.2, 0.25) is 0 Å². The Labute approximate surface area is 59.3 Å². The molecule has 10 heavy (non-hydrogen) atoms. The molecule has 0 unspecified atom stereocenters. The molecule has 0 aliphatic carbocycles. The van der Waals surface area contributed by atoms with E-state index < -0.39 is 0 Å². The minimum Gasteiger partial charge on any atom is -0.305 e. The van der Waals surface area contributed by atoms with Crippen molar-refractivity contribution in [2.75, 3.05) is 13.1 Å². The molecule has 4 N–H and O–H groups in total. The lowest BCUT2D eigenvalue weighted by molar-refractivity contribution is 0.706. The van der Waals surface area contributed by atoms with Crippen molar-refractivity contribution in [2.24, 2.45) is 32.4 Å². The van der Waals surface area contributed by atoms with Crippen LogP contribution in [-0.2, 0) is 0 Å². The number of rotatable bonds is 5. The van der Waals surface area contributed by atoms with Crippen molar-refractivity contribution in [1.82, 2.24) is 0 Å². The van der Waals surface area contributed by atoms with Gasteiger partial charge in [-0.15, -0.1) is 0 Å². The van der Waals surface area contributed by atoms with Crippen LogP contribution in [0.3, 0.4) is 0 Å². The van der Waals surface area contributed by atoms with Crippen molar-refractivity contribution in [1.29, 1.82) is 0 Å². The molecule has 0 amide bonds. The second kappa shape index (κ2) is 7.80. The summed E-state index contributed by atoms with van der Waals surface area (Å²) >= 11 is 0. The van der Waals surface area contributed by atoms with Crippen LogP contribution in [0.1, 0.15) is 12.8 Å². The Morgan fingerprint density at radius 2 is 1.20 bits per heavy atom. The fraction of sp³-hybridized carbons (Fsp3) is 1.00. The molecule has 0 aromatic rings. The number of nitrogens with zero attached hydrogens (tertiary/aromatic N) is 4. The molecule has 0 aliphatic rings. The third-order valence-electron chi connectivity index (χ3n) is 0.930. The molecule has 0 saturated carbocycles. The first kappa shape index (κ1) is 8.80. The lowest BCUT2D eigenvalue weighted by atomic mass is 10.3. The first-order chi connectivity index (χ1) is 4.91. The zero-order valence-corrected chi connectivity index (χ0v) is 5.77. The molecule has 0 aliphatic heterocycles. The first-order valence-electron chi connectivity index (χ1n) is 3.05. The lowest BCUT2D eigenvalue weighted by Gasteiger charge is -1.88. The highest BCUT2D eigenvalue weighted by molar-refractivity contribution is 4.43. The van der Waals surface area contributed by atoms with E-state index in [4.69, 9.17) is 11.7 Å². The third-order valence-corrected chi connectivity index (χ3v) is 0.930. The number of unbranched alkanes of at least 4 members (excludes halogenated alkanes) is 1. The van der Waals surface area contributed by atoms with E-state index in [0.717, 1.165) is 12.8 Å². The second-order valence-corrected chi connectivity index (χ2v) is 1.67. The summed E-state index contributed by atoms with van der Waals surface area (Å²) in [6, 6.07) is 0. The molecule has 0 bridgehead atoms. The molecule has 6 nitrogen and oxygen atoms in total. The highest BCUT2D eigenvalue weighted by Crippen LogP contribution is 1.89. The number of hydrogen-bond donors (Lipinski definition) is 2. The van der Waals surface area contributed by atoms with Gasteiger partial charge in [0.15, 0.2) is 0 Å². The van der Waals surface area contributed by atoms with Gasteiger partial charge in [0.25, 0.3) is 0 Å².